The van der Waals surface area contributed by atoms with Gasteiger partial charge < -0.3 is 4.57 Å². The van der Waals surface area contributed by atoms with E-state index in [0.717, 1.165) is 24.9 Å². The smallest absolute Gasteiger partial charge is 0.166 e. The molecule has 1 aliphatic heterocycles. The summed E-state index contributed by atoms with van der Waals surface area (Å²) >= 11 is 0. The Balaban J connectivity index is 2.56. The molecule has 0 aromatic carbocycles. The maximum Gasteiger partial charge on any atom is 0.166 e. The molecule has 0 saturated heterocycles. The fourth-order valence-corrected chi connectivity index (χ4v) is 2.39. The molecule has 0 unspecified atom stereocenters. The van der Waals surface area contributed by atoms with Gasteiger partial charge in [0, 0.05) is 12.2 Å². The Morgan fingerprint density at radius 3 is 2.67 bits per heavy atom. The summed E-state index contributed by atoms with van der Waals surface area (Å²) in [6.07, 6.45) is 4.60. The molecule has 0 atom stereocenters. The van der Waals surface area contributed by atoms with E-state index in [9.17, 15) is 4.79 Å². The molecular formula is C13H19NO. The highest BCUT2D eigenvalue weighted by Gasteiger charge is 2.24. The fourth-order valence-electron chi connectivity index (χ4n) is 2.39. The molecule has 2 nitrogen and oxygen atoms in total. The average molecular weight is 205 g/mol. The number of fused-ring (bicyclic) bond motifs is 1. The van der Waals surface area contributed by atoms with Crippen molar-refractivity contribution in [2.75, 3.05) is 0 Å². The number of carbonyl (C=O) groups excluding carboxylic acids is 1. The lowest BCUT2D eigenvalue weighted by molar-refractivity contribution is 0.111. The second-order valence-electron chi connectivity index (χ2n) is 5.41. The number of aryl methyl sites for hydroxylation is 1. The fraction of sp³-hybridized carbons (Fsp3) is 0.615. The van der Waals surface area contributed by atoms with E-state index < -0.39 is 0 Å². The van der Waals surface area contributed by atoms with Crippen molar-refractivity contribution in [3.8, 4) is 0 Å². The van der Waals surface area contributed by atoms with E-state index in [4.69, 9.17) is 0 Å². The van der Waals surface area contributed by atoms with Crippen molar-refractivity contribution >= 4 is 6.29 Å². The molecule has 1 aliphatic rings. The van der Waals surface area contributed by atoms with Gasteiger partial charge in [-0.25, -0.2) is 0 Å². The maximum atomic E-state index is 11.2. The van der Waals surface area contributed by atoms with Crippen LogP contribution in [0.2, 0.25) is 0 Å². The van der Waals surface area contributed by atoms with Crippen molar-refractivity contribution < 1.29 is 4.79 Å². The van der Waals surface area contributed by atoms with Gasteiger partial charge in [0.05, 0.1) is 5.69 Å². The van der Waals surface area contributed by atoms with Gasteiger partial charge in [-0.05, 0) is 36.3 Å². The quantitative estimate of drug-likeness (QED) is 0.646. The van der Waals surface area contributed by atoms with Crippen molar-refractivity contribution in [1.82, 2.24) is 4.57 Å². The summed E-state index contributed by atoms with van der Waals surface area (Å²) in [4.78, 5) is 11.2. The number of carbonyl (C=O) groups is 1. The zero-order valence-electron chi connectivity index (χ0n) is 9.84. The minimum absolute atomic E-state index is 0.0700. The predicted molar refractivity (Wildman–Crippen MR) is 61.5 cm³/mol. The lowest BCUT2D eigenvalue weighted by Gasteiger charge is -2.19. The predicted octanol–water partition coefficient (Wildman–Crippen LogP) is 2.93. The van der Waals surface area contributed by atoms with Crippen LogP contribution < -0.4 is 0 Å². The third kappa shape index (κ3) is 1.73. The zero-order valence-corrected chi connectivity index (χ0v) is 9.84. The summed E-state index contributed by atoms with van der Waals surface area (Å²) in [6, 6.07) is 2.23. The maximum absolute atomic E-state index is 11.2. The molecule has 1 aromatic rings. The molecule has 0 N–H and O–H groups in total. The third-order valence-electron chi connectivity index (χ3n) is 3.21. The molecule has 1 aromatic heterocycles. The Morgan fingerprint density at radius 2 is 2.07 bits per heavy atom. The molecular weight excluding hydrogens is 186 g/mol. The summed E-state index contributed by atoms with van der Waals surface area (Å²) in [5.74, 6) is 0. The van der Waals surface area contributed by atoms with E-state index in [1.807, 2.05) is 0 Å². The van der Waals surface area contributed by atoms with Gasteiger partial charge in [0.15, 0.2) is 6.29 Å². The lowest BCUT2D eigenvalue weighted by Crippen LogP contribution is -2.16. The van der Waals surface area contributed by atoms with E-state index >= 15 is 0 Å². The van der Waals surface area contributed by atoms with E-state index in [1.165, 1.54) is 24.1 Å². The van der Waals surface area contributed by atoms with E-state index in [-0.39, 0.29) is 5.41 Å². The molecule has 82 valence electrons. The van der Waals surface area contributed by atoms with Crippen LogP contribution in [-0.2, 0) is 18.4 Å². The lowest BCUT2D eigenvalue weighted by atomic mass is 9.87. The van der Waals surface area contributed by atoms with E-state index in [1.54, 1.807) is 0 Å². The number of hydrogen-bond acceptors (Lipinski definition) is 1. The first-order chi connectivity index (χ1) is 7.04. The molecule has 0 amide bonds. The van der Waals surface area contributed by atoms with Crippen LogP contribution in [0.5, 0.6) is 0 Å². The Bertz CT molecular complexity index is 382. The van der Waals surface area contributed by atoms with Crippen molar-refractivity contribution in [3.63, 3.8) is 0 Å². The minimum Gasteiger partial charge on any atom is -0.342 e. The number of hydrogen-bond donors (Lipinski definition) is 0. The van der Waals surface area contributed by atoms with Crippen LogP contribution in [-0.4, -0.2) is 10.9 Å². The van der Waals surface area contributed by atoms with Gasteiger partial charge in [-0.2, -0.15) is 0 Å². The van der Waals surface area contributed by atoms with Crippen LogP contribution in [0, 0.1) is 0 Å². The minimum atomic E-state index is 0.0700. The monoisotopic (exact) mass is 205 g/mol. The summed E-state index contributed by atoms with van der Waals surface area (Å²) in [7, 11) is 0. The van der Waals surface area contributed by atoms with Gasteiger partial charge in [-0.1, -0.05) is 20.8 Å². The molecule has 2 heterocycles. The van der Waals surface area contributed by atoms with Crippen molar-refractivity contribution in [2.45, 2.75) is 52.0 Å². The summed E-state index contributed by atoms with van der Waals surface area (Å²) < 4.78 is 2.21. The van der Waals surface area contributed by atoms with Gasteiger partial charge in [0.1, 0.15) is 0 Å². The highest BCUT2D eigenvalue weighted by atomic mass is 16.1. The first-order valence-electron chi connectivity index (χ1n) is 5.72. The van der Waals surface area contributed by atoms with Crippen molar-refractivity contribution in [2.24, 2.45) is 0 Å². The number of aromatic nitrogens is 1. The SMILES string of the molecule is CC(C)(C)c1cc2n(c1C=O)CCCC2. The summed E-state index contributed by atoms with van der Waals surface area (Å²) in [6.45, 7) is 7.52. The molecule has 15 heavy (non-hydrogen) atoms. The Labute approximate surface area is 91.3 Å². The van der Waals surface area contributed by atoms with Gasteiger partial charge in [0.2, 0.25) is 0 Å². The molecule has 0 bridgehead atoms. The Morgan fingerprint density at radius 1 is 1.33 bits per heavy atom. The molecule has 0 fully saturated rings. The van der Waals surface area contributed by atoms with Crippen molar-refractivity contribution in [3.05, 3.63) is 23.0 Å². The van der Waals surface area contributed by atoms with Gasteiger partial charge in [0.25, 0.3) is 0 Å². The zero-order chi connectivity index (χ0) is 11.1. The molecule has 2 heteroatoms. The van der Waals surface area contributed by atoms with E-state index in [2.05, 4.69) is 31.4 Å². The van der Waals surface area contributed by atoms with Crippen LogP contribution in [0.4, 0.5) is 0 Å². The van der Waals surface area contributed by atoms with Crippen LogP contribution >= 0.6 is 0 Å². The molecule has 2 rings (SSSR count). The molecule has 0 spiro atoms. The molecule has 0 saturated carbocycles. The summed E-state index contributed by atoms with van der Waals surface area (Å²) in [5.41, 5.74) is 3.51. The highest BCUT2D eigenvalue weighted by molar-refractivity contribution is 5.76. The normalized spacial score (nSPS) is 16.2. The largest absolute Gasteiger partial charge is 0.342 e. The van der Waals surface area contributed by atoms with Gasteiger partial charge in [-0.3, -0.25) is 4.79 Å². The third-order valence-corrected chi connectivity index (χ3v) is 3.21. The Kier molecular flexibility index (Phi) is 2.45. The van der Waals surface area contributed by atoms with Gasteiger partial charge in [-0.15, -0.1) is 0 Å². The first kappa shape index (κ1) is 10.5. The second-order valence-corrected chi connectivity index (χ2v) is 5.41. The average Bonchev–Trinajstić information content (AvgIpc) is 2.55. The summed E-state index contributed by atoms with van der Waals surface area (Å²) in [5, 5.41) is 0. The highest BCUT2D eigenvalue weighted by Crippen LogP contribution is 2.30. The van der Waals surface area contributed by atoms with Crippen molar-refractivity contribution in [1.29, 1.82) is 0 Å². The number of nitrogens with zero attached hydrogens (tertiary/aromatic N) is 1. The topological polar surface area (TPSA) is 22.0 Å². The van der Waals surface area contributed by atoms with Crippen LogP contribution in [0.15, 0.2) is 6.07 Å². The van der Waals surface area contributed by atoms with Crippen LogP contribution in [0.25, 0.3) is 0 Å². The first-order valence-corrected chi connectivity index (χ1v) is 5.72. The van der Waals surface area contributed by atoms with Gasteiger partial charge >= 0.3 is 0 Å². The Hall–Kier alpha value is -1.05. The van der Waals surface area contributed by atoms with Crippen LogP contribution in [0.1, 0.15) is 55.4 Å². The molecule has 0 aliphatic carbocycles. The van der Waals surface area contributed by atoms with E-state index in [0.29, 0.717) is 0 Å². The second kappa shape index (κ2) is 3.51. The number of rotatable bonds is 1. The molecule has 0 radical (unpaired) electrons. The van der Waals surface area contributed by atoms with Crippen LogP contribution in [0.3, 0.4) is 0 Å². The number of aldehydes is 1. The standard InChI is InChI=1S/C13H19NO/c1-13(2,3)11-8-10-6-4-5-7-14(10)12(11)9-15/h8-9H,4-7H2,1-3H3.